The van der Waals surface area contributed by atoms with Gasteiger partial charge in [-0.25, -0.2) is 22.5 Å². The van der Waals surface area contributed by atoms with Gasteiger partial charge in [0.2, 0.25) is 12.3 Å². The van der Waals surface area contributed by atoms with E-state index >= 15 is 0 Å². The number of aryl methyl sites for hydroxylation is 1. The highest BCUT2D eigenvalue weighted by molar-refractivity contribution is 5.99. The Morgan fingerprint density at radius 3 is 2.55 bits per heavy atom. The van der Waals surface area contributed by atoms with E-state index < -0.39 is 47.9 Å². The number of nitriles is 1. The van der Waals surface area contributed by atoms with Crippen LogP contribution in [0.2, 0.25) is 0 Å². The first-order valence-electron chi connectivity index (χ1n) is 14.1. The number of carbonyl (C=O) groups is 3. The van der Waals surface area contributed by atoms with Crippen LogP contribution in [0.5, 0.6) is 0 Å². The lowest BCUT2D eigenvalue weighted by Gasteiger charge is -2.42. The number of hydrogen-bond acceptors (Lipinski definition) is 5. The van der Waals surface area contributed by atoms with E-state index in [9.17, 15) is 31.9 Å². The number of fused-ring (bicyclic) bond motifs is 1. The molecule has 2 fully saturated rings. The van der Waals surface area contributed by atoms with Crippen LogP contribution in [0.25, 0.3) is 0 Å². The zero-order valence-corrected chi connectivity index (χ0v) is 23.8. The highest BCUT2D eigenvalue weighted by Gasteiger charge is 2.54. The smallest absolute Gasteiger partial charge is 0.252 e. The lowest BCUT2D eigenvalue weighted by Crippen LogP contribution is -2.60. The molecular weight excluding hydrogens is 578 g/mol. The number of amides is 3. The van der Waals surface area contributed by atoms with Crippen LogP contribution in [0.3, 0.4) is 0 Å². The lowest BCUT2D eigenvalue weighted by atomic mass is 9.84. The maximum absolute atomic E-state index is 14.5. The third-order valence-corrected chi connectivity index (χ3v) is 8.31. The SMILES string of the molecule is C[C@@H]1CCC(=O)N1c1cc(C#N)ccn1.O=CN(c1cc(F)ccc1F)[C@]1(C(=O)NC2CC(F)(F)C2)CCc2ccccc21. The van der Waals surface area contributed by atoms with Gasteiger partial charge in [0.1, 0.15) is 17.5 Å². The van der Waals surface area contributed by atoms with Crippen molar-refractivity contribution in [3.63, 3.8) is 0 Å². The fourth-order valence-electron chi connectivity index (χ4n) is 6.08. The van der Waals surface area contributed by atoms with Gasteiger partial charge in [-0.3, -0.25) is 24.2 Å². The minimum atomic E-state index is -2.84. The van der Waals surface area contributed by atoms with Gasteiger partial charge < -0.3 is 5.32 Å². The summed E-state index contributed by atoms with van der Waals surface area (Å²) >= 11 is 0. The number of halogens is 4. The number of alkyl halides is 2. The number of anilines is 2. The Labute approximate surface area is 251 Å². The Kier molecular flexibility index (Phi) is 8.41. The number of rotatable bonds is 6. The van der Waals surface area contributed by atoms with Crippen molar-refractivity contribution in [1.29, 1.82) is 5.26 Å². The second kappa shape index (κ2) is 12.1. The fraction of sp³-hybridized carbons (Fsp3) is 0.344. The Hall–Kier alpha value is -4.79. The summed E-state index contributed by atoms with van der Waals surface area (Å²) in [7, 11) is 0. The lowest BCUT2D eigenvalue weighted by molar-refractivity contribution is -0.135. The van der Waals surface area contributed by atoms with Gasteiger partial charge in [0.25, 0.3) is 11.8 Å². The molecule has 6 rings (SSSR count). The molecule has 1 aromatic heterocycles. The Morgan fingerprint density at radius 1 is 1.14 bits per heavy atom. The van der Waals surface area contributed by atoms with Crippen molar-refractivity contribution in [2.45, 2.75) is 69.0 Å². The molecule has 0 unspecified atom stereocenters. The van der Waals surface area contributed by atoms with Gasteiger partial charge in [-0.2, -0.15) is 5.26 Å². The molecule has 0 spiro atoms. The number of aromatic nitrogens is 1. The van der Waals surface area contributed by atoms with Crippen LogP contribution in [0.1, 0.15) is 55.7 Å². The number of nitrogens with one attached hydrogen (secondary N) is 1. The average Bonchev–Trinajstić information content (AvgIpc) is 3.54. The fourth-order valence-corrected chi connectivity index (χ4v) is 6.08. The van der Waals surface area contributed by atoms with Crippen LogP contribution in [0, 0.1) is 23.0 Å². The summed E-state index contributed by atoms with van der Waals surface area (Å²) < 4.78 is 54.8. The highest BCUT2D eigenvalue weighted by Crippen LogP contribution is 2.45. The summed E-state index contributed by atoms with van der Waals surface area (Å²) in [6, 6.07) is 14.3. The number of nitrogens with zero attached hydrogens (tertiary/aromatic N) is 4. The van der Waals surface area contributed by atoms with Gasteiger partial charge >= 0.3 is 0 Å². The summed E-state index contributed by atoms with van der Waals surface area (Å²) in [6.07, 6.45) is 2.83. The van der Waals surface area contributed by atoms with Gasteiger partial charge in [0, 0.05) is 43.6 Å². The van der Waals surface area contributed by atoms with E-state index in [-0.39, 0.29) is 30.5 Å². The third-order valence-electron chi connectivity index (χ3n) is 8.31. The standard InChI is InChI=1S/C21H18F4N2O2.C11H11N3O/c22-14-5-6-17(23)18(9-14)27(12-28)21(8-7-13-3-1-2-4-16(13)21)19(29)26-15-10-20(24,25)11-15;1-8-2-3-11(15)14(8)10-6-9(7-12)4-5-13-10/h1-6,9,12,15H,7-8,10-11H2,(H,26,29);4-6,8H,2-3H2,1H3/t21-;8-/m11/s1. The second-order valence-corrected chi connectivity index (χ2v) is 11.2. The number of carbonyl (C=O) groups excluding carboxylic acids is 3. The molecule has 44 heavy (non-hydrogen) atoms. The molecule has 12 heteroatoms. The van der Waals surface area contributed by atoms with Gasteiger partial charge in [-0.15, -0.1) is 0 Å². The Bertz CT molecular complexity index is 1640. The Balaban J connectivity index is 0.000000215. The molecule has 228 valence electrons. The van der Waals surface area contributed by atoms with E-state index in [2.05, 4.69) is 10.3 Å². The molecule has 1 saturated heterocycles. The van der Waals surface area contributed by atoms with Crippen LogP contribution < -0.4 is 15.1 Å². The van der Waals surface area contributed by atoms with Crippen molar-refractivity contribution >= 4 is 29.7 Å². The molecule has 1 saturated carbocycles. The average molecular weight is 608 g/mol. The van der Waals surface area contributed by atoms with Gasteiger partial charge in [0.05, 0.1) is 17.3 Å². The van der Waals surface area contributed by atoms with Crippen molar-refractivity contribution in [2.75, 3.05) is 9.80 Å². The van der Waals surface area contributed by atoms with Crippen molar-refractivity contribution in [3.05, 3.63) is 89.1 Å². The predicted octanol–water partition coefficient (Wildman–Crippen LogP) is 5.15. The van der Waals surface area contributed by atoms with Gasteiger partial charge in [0.15, 0.2) is 5.54 Å². The van der Waals surface area contributed by atoms with Gasteiger partial charge in [-0.1, -0.05) is 24.3 Å². The maximum atomic E-state index is 14.5. The second-order valence-electron chi connectivity index (χ2n) is 11.2. The van der Waals surface area contributed by atoms with Crippen LogP contribution >= 0.6 is 0 Å². The van der Waals surface area contributed by atoms with E-state index in [0.717, 1.165) is 35.1 Å². The quantitative estimate of drug-likeness (QED) is 0.308. The van der Waals surface area contributed by atoms with E-state index in [4.69, 9.17) is 5.26 Å². The number of pyridine rings is 1. The largest absolute Gasteiger partial charge is 0.351 e. The number of benzene rings is 2. The van der Waals surface area contributed by atoms with E-state index in [1.54, 1.807) is 47.5 Å². The summed E-state index contributed by atoms with van der Waals surface area (Å²) in [4.78, 5) is 43.7. The zero-order chi connectivity index (χ0) is 31.6. The van der Waals surface area contributed by atoms with Crippen LogP contribution in [-0.2, 0) is 26.3 Å². The third kappa shape index (κ3) is 5.74. The van der Waals surface area contributed by atoms with Crippen LogP contribution in [0.15, 0.2) is 60.8 Å². The summed E-state index contributed by atoms with van der Waals surface area (Å²) in [6.45, 7) is 1.99. The first-order chi connectivity index (χ1) is 21.0. The van der Waals surface area contributed by atoms with Crippen LogP contribution in [-0.4, -0.2) is 41.2 Å². The molecule has 2 aromatic carbocycles. The molecule has 2 heterocycles. The van der Waals surface area contributed by atoms with Crippen molar-refractivity contribution in [3.8, 4) is 6.07 Å². The maximum Gasteiger partial charge on any atom is 0.252 e. The van der Waals surface area contributed by atoms with Crippen LogP contribution in [0.4, 0.5) is 29.1 Å². The number of hydrogen-bond donors (Lipinski definition) is 1. The van der Waals surface area contributed by atoms with E-state index in [0.29, 0.717) is 29.8 Å². The van der Waals surface area contributed by atoms with E-state index in [1.165, 1.54) is 0 Å². The monoisotopic (exact) mass is 607 g/mol. The molecule has 2 atom stereocenters. The molecule has 3 aromatic rings. The Morgan fingerprint density at radius 2 is 1.89 bits per heavy atom. The normalized spacial score (nSPS) is 21.8. The topological polar surface area (TPSA) is 106 Å². The van der Waals surface area contributed by atoms with Gasteiger partial charge in [-0.05, 0) is 61.6 Å². The molecule has 0 radical (unpaired) electrons. The molecule has 1 N–H and O–H groups in total. The first-order valence-corrected chi connectivity index (χ1v) is 14.1. The molecule has 1 aliphatic heterocycles. The minimum Gasteiger partial charge on any atom is -0.351 e. The molecule has 0 bridgehead atoms. The van der Waals surface area contributed by atoms with Crippen molar-refractivity contribution in [2.24, 2.45) is 0 Å². The summed E-state index contributed by atoms with van der Waals surface area (Å²) in [5.41, 5.74) is -0.250. The molecule has 3 amide bonds. The summed E-state index contributed by atoms with van der Waals surface area (Å²) in [5, 5.41) is 11.3. The minimum absolute atomic E-state index is 0.0880. The van der Waals surface area contributed by atoms with Crippen molar-refractivity contribution < 1.29 is 31.9 Å². The highest BCUT2D eigenvalue weighted by atomic mass is 19.3. The predicted molar refractivity (Wildman–Crippen MR) is 153 cm³/mol. The first kappa shape index (κ1) is 30.7. The van der Waals surface area contributed by atoms with Crippen molar-refractivity contribution in [1.82, 2.24) is 10.3 Å². The zero-order valence-electron chi connectivity index (χ0n) is 23.8. The molecule has 8 nitrogen and oxygen atoms in total. The molecule has 3 aliphatic rings. The molecular formula is C32H29F4N5O3. The van der Waals surface area contributed by atoms with E-state index in [1.807, 2.05) is 13.0 Å². The summed E-state index contributed by atoms with van der Waals surface area (Å²) in [5.74, 6) is -4.48. The molecule has 2 aliphatic carbocycles.